The third-order valence-corrected chi connectivity index (χ3v) is 8.05. The molecule has 5 rings (SSSR count). The normalized spacial score (nSPS) is 15.2. The predicted molar refractivity (Wildman–Crippen MR) is 131 cm³/mol. The van der Waals surface area contributed by atoms with Crippen molar-refractivity contribution in [1.82, 2.24) is 9.29 Å². The standard InChI is InChI=1S/C26H24N4O3S/c1-19-10-12-21(13-11-19)34(31,32)30-15-5-14-29(16-17-30)26-24(18-27)28-25(33-26)23-9-4-7-20-6-2-3-8-22(20)23/h2-4,6-13H,5,14-17H2,1H3. The fourth-order valence-corrected chi connectivity index (χ4v) is 5.79. The van der Waals surface area contributed by atoms with Gasteiger partial charge in [0.15, 0.2) is 0 Å². The first-order chi connectivity index (χ1) is 16.5. The van der Waals surface area contributed by atoms with Crippen LogP contribution in [0.4, 0.5) is 5.88 Å². The Kier molecular flexibility index (Phi) is 5.82. The van der Waals surface area contributed by atoms with Gasteiger partial charge in [-0.15, -0.1) is 0 Å². The van der Waals surface area contributed by atoms with E-state index in [1.54, 1.807) is 24.3 Å². The molecule has 0 N–H and O–H groups in total. The van der Waals surface area contributed by atoms with Crippen LogP contribution in [0.3, 0.4) is 0 Å². The highest BCUT2D eigenvalue weighted by Gasteiger charge is 2.29. The summed E-state index contributed by atoms with van der Waals surface area (Å²) in [6.07, 6.45) is 0.611. The second-order valence-corrected chi connectivity index (χ2v) is 10.3. The second-order valence-electron chi connectivity index (χ2n) is 8.37. The number of aryl methyl sites for hydroxylation is 1. The number of hydrogen-bond acceptors (Lipinski definition) is 6. The Balaban J connectivity index is 1.42. The van der Waals surface area contributed by atoms with Crippen molar-refractivity contribution >= 4 is 26.7 Å². The Morgan fingerprint density at radius 2 is 1.71 bits per heavy atom. The molecule has 0 aliphatic carbocycles. The Morgan fingerprint density at radius 3 is 2.50 bits per heavy atom. The Labute approximate surface area is 198 Å². The number of nitriles is 1. The lowest BCUT2D eigenvalue weighted by Crippen LogP contribution is -2.35. The number of sulfonamides is 1. The maximum atomic E-state index is 13.2. The van der Waals surface area contributed by atoms with Gasteiger partial charge in [-0.25, -0.2) is 8.42 Å². The monoisotopic (exact) mass is 472 g/mol. The number of aromatic nitrogens is 1. The summed E-state index contributed by atoms with van der Waals surface area (Å²) in [4.78, 5) is 6.69. The highest BCUT2D eigenvalue weighted by Crippen LogP contribution is 2.33. The highest BCUT2D eigenvalue weighted by molar-refractivity contribution is 7.89. The number of oxazole rings is 1. The minimum atomic E-state index is -3.59. The van der Waals surface area contributed by atoms with Crippen molar-refractivity contribution in [2.24, 2.45) is 0 Å². The van der Waals surface area contributed by atoms with Crippen LogP contribution in [-0.4, -0.2) is 43.9 Å². The lowest BCUT2D eigenvalue weighted by Gasteiger charge is -2.21. The maximum absolute atomic E-state index is 13.2. The van der Waals surface area contributed by atoms with E-state index >= 15 is 0 Å². The largest absolute Gasteiger partial charge is 0.419 e. The van der Waals surface area contributed by atoms with Crippen molar-refractivity contribution in [3.63, 3.8) is 0 Å². The summed E-state index contributed by atoms with van der Waals surface area (Å²) < 4.78 is 33.9. The number of anilines is 1. The number of benzene rings is 3. The highest BCUT2D eigenvalue weighted by atomic mass is 32.2. The topological polar surface area (TPSA) is 90.4 Å². The zero-order valence-corrected chi connectivity index (χ0v) is 19.6. The van der Waals surface area contributed by atoms with Crippen LogP contribution in [0.5, 0.6) is 0 Å². The summed E-state index contributed by atoms with van der Waals surface area (Å²) >= 11 is 0. The van der Waals surface area contributed by atoms with Crippen molar-refractivity contribution in [3.05, 3.63) is 78.0 Å². The molecule has 34 heavy (non-hydrogen) atoms. The molecule has 2 heterocycles. The fraction of sp³-hybridized carbons (Fsp3) is 0.231. The van der Waals surface area contributed by atoms with Crippen molar-refractivity contribution in [2.45, 2.75) is 18.2 Å². The van der Waals surface area contributed by atoms with Gasteiger partial charge in [-0.05, 0) is 42.3 Å². The zero-order valence-electron chi connectivity index (χ0n) is 18.8. The van der Waals surface area contributed by atoms with Crippen molar-refractivity contribution < 1.29 is 12.8 Å². The van der Waals surface area contributed by atoms with E-state index in [-0.39, 0.29) is 5.69 Å². The average Bonchev–Trinajstić information content (AvgIpc) is 3.12. The molecule has 4 aromatic rings. The Hall–Kier alpha value is -3.67. The van der Waals surface area contributed by atoms with Crippen LogP contribution in [0, 0.1) is 18.3 Å². The van der Waals surface area contributed by atoms with E-state index in [1.807, 2.05) is 54.3 Å². The van der Waals surface area contributed by atoms with Gasteiger partial charge in [0.05, 0.1) is 4.90 Å². The predicted octanol–water partition coefficient (Wildman–Crippen LogP) is 4.58. The Morgan fingerprint density at radius 1 is 0.941 bits per heavy atom. The summed E-state index contributed by atoms with van der Waals surface area (Å²) in [7, 11) is -3.59. The van der Waals surface area contributed by atoms with Gasteiger partial charge in [0.2, 0.25) is 27.5 Å². The van der Waals surface area contributed by atoms with Crippen LogP contribution in [0.25, 0.3) is 22.2 Å². The third-order valence-electron chi connectivity index (χ3n) is 6.14. The second kappa shape index (κ2) is 8.93. The molecule has 0 saturated carbocycles. The first kappa shape index (κ1) is 22.1. The molecule has 1 aromatic heterocycles. The Bertz CT molecular complexity index is 1480. The first-order valence-electron chi connectivity index (χ1n) is 11.2. The molecule has 0 spiro atoms. The molecule has 0 unspecified atom stereocenters. The molecular formula is C26H24N4O3S. The summed E-state index contributed by atoms with van der Waals surface area (Å²) in [5, 5.41) is 11.8. The van der Waals surface area contributed by atoms with E-state index < -0.39 is 10.0 Å². The molecule has 172 valence electrons. The molecule has 0 atom stereocenters. The zero-order chi connectivity index (χ0) is 23.7. The molecule has 1 fully saturated rings. The number of nitrogens with zero attached hydrogens (tertiary/aromatic N) is 4. The molecule has 8 heteroatoms. The molecule has 1 aliphatic heterocycles. The van der Waals surface area contributed by atoms with Crippen molar-refractivity contribution in [2.75, 3.05) is 31.1 Å². The minimum Gasteiger partial charge on any atom is -0.419 e. The third kappa shape index (κ3) is 4.04. The van der Waals surface area contributed by atoms with Gasteiger partial charge in [-0.1, -0.05) is 54.1 Å². The summed E-state index contributed by atoms with van der Waals surface area (Å²) in [5.74, 6) is 0.775. The molecule has 1 aliphatic rings. The maximum Gasteiger partial charge on any atom is 0.243 e. The smallest absolute Gasteiger partial charge is 0.243 e. The van der Waals surface area contributed by atoms with Gasteiger partial charge in [0.25, 0.3) is 0 Å². The first-order valence-corrected chi connectivity index (χ1v) is 12.6. The minimum absolute atomic E-state index is 0.206. The van der Waals surface area contributed by atoms with E-state index in [9.17, 15) is 13.7 Å². The molecule has 0 radical (unpaired) electrons. The van der Waals surface area contributed by atoms with E-state index in [0.29, 0.717) is 49.3 Å². The van der Waals surface area contributed by atoms with Gasteiger partial charge in [-0.2, -0.15) is 14.6 Å². The number of fused-ring (bicyclic) bond motifs is 1. The SMILES string of the molecule is Cc1ccc(S(=O)(=O)N2CCCN(c3oc(-c4cccc5ccccc45)nc3C#N)CC2)cc1. The lowest BCUT2D eigenvalue weighted by atomic mass is 10.0. The average molecular weight is 473 g/mol. The molecule has 3 aromatic carbocycles. The van der Waals surface area contributed by atoms with Crippen LogP contribution in [0.2, 0.25) is 0 Å². The summed E-state index contributed by atoms with van der Waals surface area (Å²) in [5.41, 5.74) is 2.04. The van der Waals surface area contributed by atoms with Crippen LogP contribution < -0.4 is 4.90 Å². The molecule has 0 bridgehead atoms. The fourth-order valence-electron chi connectivity index (χ4n) is 4.32. The summed E-state index contributed by atoms with van der Waals surface area (Å²) in [6, 6.07) is 22.9. The molecule has 1 saturated heterocycles. The van der Waals surface area contributed by atoms with Crippen LogP contribution in [0.1, 0.15) is 17.7 Å². The number of rotatable bonds is 4. The van der Waals surface area contributed by atoms with E-state index in [1.165, 1.54) is 4.31 Å². The van der Waals surface area contributed by atoms with Gasteiger partial charge >= 0.3 is 0 Å². The van der Waals surface area contributed by atoms with Crippen LogP contribution in [-0.2, 0) is 10.0 Å². The lowest BCUT2D eigenvalue weighted by molar-refractivity contribution is 0.432. The van der Waals surface area contributed by atoms with Crippen LogP contribution >= 0.6 is 0 Å². The molecule has 0 amide bonds. The molecular weight excluding hydrogens is 448 g/mol. The van der Waals surface area contributed by atoms with Crippen LogP contribution in [0.15, 0.2) is 76.0 Å². The van der Waals surface area contributed by atoms with E-state index in [4.69, 9.17) is 4.42 Å². The quantitative estimate of drug-likeness (QED) is 0.432. The van der Waals surface area contributed by atoms with Gasteiger partial charge in [0.1, 0.15) is 6.07 Å². The van der Waals surface area contributed by atoms with E-state index in [0.717, 1.165) is 21.9 Å². The molecule has 7 nitrogen and oxygen atoms in total. The van der Waals surface area contributed by atoms with Gasteiger partial charge in [0, 0.05) is 31.7 Å². The number of hydrogen-bond donors (Lipinski definition) is 0. The van der Waals surface area contributed by atoms with Crippen molar-refractivity contribution in [3.8, 4) is 17.5 Å². The van der Waals surface area contributed by atoms with Gasteiger partial charge in [-0.3, -0.25) is 0 Å². The summed E-state index contributed by atoms with van der Waals surface area (Å²) in [6.45, 7) is 3.60. The van der Waals surface area contributed by atoms with E-state index in [2.05, 4.69) is 11.1 Å². The van der Waals surface area contributed by atoms with Crippen molar-refractivity contribution in [1.29, 1.82) is 5.26 Å². The van der Waals surface area contributed by atoms with Gasteiger partial charge < -0.3 is 9.32 Å².